The third-order valence-electron chi connectivity index (χ3n) is 4.28. The van der Waals surface area contributed by atoms with Gasteiger partial charge < -0.3 is 19.3 Å². The number of carbonyl (C=O) groups excluding carboxylic acids is 2. The minimum Gasteiger partial charge on any atom is -0.496 e. The van der Waals surface area contributed by atoms with Gasteiger partial charge >= 0.3 is 17.6 Å². The summed E-state index contributed by atoms with van der Waals surface area (Å²) in [6, 6.07) is 4.96. The van der Waals surface area contributed by atoms with Gasteiger partial charge in [-0.05, 0) is 37.6 Å². The van der Waals surface area contributed by atoms with Gasteiger partial charge in [0.05, 0.1) is 41.3 Å². The van der Waals surface area contributed by atoms with Crippen molar-refractivity contribution in [2.75, 3.05) is 14.2 Å². The Morgan fingerprint density at radius 2 is 1.68 bits per heavy atom. The van der Waals surface area contributed by atoms with E-state index in [1.54, 1.807) is 13.8 Å². The molecule has 0 aliphatic rings. The van der Waals surface area contributed by atoms with E-state index in [2.05, 4.69) is 11.3 Å². The Labute approximate surface area is 192 Å². The molecule has 0 saturated heterocycles. The molecular weight excluding hydrogens is 456 g/mol. The zero-order chi connectivity index (χ0) is 26.2. The molecule has 0 amide bonds. The second kappa shape index (κ2) is 11.7. The van der Waals surface area contributed by atoms with Crippen molar-refractivity contribution < 1.29 is 43.5 Å². The van der Waals surface area contributed by atoms with Crippen LogP contribution in [-0.4, -0.2) is 47.4 Å². The molecule has 0 atom stereocenters. The zero-order valence-electron chi connectivity index (χ0n) is 18.5. The van der Waals surface area contributed by atoms with E-state index < -0.39 is 38.8 Å². The molecule has 0 heterocycles. The van der Waals surface area contributed by atoms with Crippen LogP contribution < -0.4 is 14.2 Å². The van der Waals surface area contributed by atoms with Gasteiger partial charge in [0.25, 0.3) is 5.69 Å². The summed E-state index contributed by atoms with van der Waals surface area (Å²) in [7, 11) is 2.76. The van der Waals surface area contributed by atoms with Crippen LogP contribution in [0.4, 0.5) is 11.4 Å². The topological polar surface area (TPSA) is 185 Å². The lowest BCUT2D eigenvalue weighted by Gasteiger charge is -2.09. The van der Waals surface area contributed by atoms with Gasteiger partial charge in [0.15, 0.2) is 6.29 Å². The highest BCUT2D eigenvalue weighted by Gasteiger charge is 2.24. The van der Waals surface area contributed by atoms with Gasteiger partial charge in [0.2, 0.25) is 5.75 Å². The number of carboxylic acids is 1. The molecule has 2 aromatic rings. The summed E-state index contributed by atoms with van der Waals surface area (Å²) in [5.41, 5.74) is -0.369. The molecule has 1 N–H and O–H groups in total. The molecule has 0 aliphatic heterocycles. The van der Waals surface area contributed by atoms with Crippen molar-refractivity contribution in [3.05, 3.63) is 73.3 Å². The second-order valence-electron chi connectivity index (χ2n) is 6.43. The van der Waals surface area contributed by atoms with E-state index in [9.17, 15) is 34.6 Å². The molecule has 0 unspecified atom stereocenters. The number of carbonyl (C=O) groups is 3. The van der Waals surface area contributed by atoms with E-state index in [0.29, 0.717) is 23.2 Å². The van der Waals surface area contributed by atoms with Crippen LogP contribution in [0.2, 0.25) is 0 Å². The fraction of sp³-hybridized carbons (Fsp3) is 0.190. The van der Waals surface area contributed by atoms with Crippen molar-refractivity contribution in [1.82, 2.24) is 0 Å². The number of nitro benzene ring substituents is 2. The number of methoxy groups -OCH3 is 2. The number of rotatable bonds is 8. The average Bonchev–Trinajstić information content (AvgIpc) is 2.78. The van der Waals surface area contributed by atoms with Crippen molar-refractivity contribution in [2.45, 2.75) is 13.8 Å². The minimum absolute atomic E-state index is 0.0794. The third kappa shape index (κ3) is 6.35. The highest BCUT2D eigenvalue weighted by Crippen LogP contribution is 2.33. The monoisotopic (exact) mass is 476 g/mol. The Morgan fingerprint density at radius 3 is 2.12 bits per heavy atom. The molecule has 0 radical (unpaired) electrons. The summed E-state index contributed by atoms with van der Waals surface area (Å²) >= 11 is 0. The zero-order valence-corrected chi connectivity index (χ0v) is 18.5. The average molecular weight is 476 g/mol. The predicted molar refractivity (Wildman–Crippen MR) is 117 cm³/mol. The molecule has 13 heteroatoms. The minimum atomic E-state index is -1.57. The Kier molecular flexibility index (Phi) is 9.38. The van der Waals surface area contributed by atoms with Crippen molar-refractivity contribution in [3.8, 4) is 17.2 Å². The van der Waals surface area contributed by atoms with Crippen LogP contribution >= 0.6 is 0 Å². The normalized spacial score (nSPS) is 9.65. The van der Waals surface area contributed by atoms with Crippen molar-refractivity contribution in [2.24, 2.45) is 0 Å². The van der Waals surface area contributed by atoms with E-state index in [1.807, 2.05) is 0 Å². The number of aryl methyl sites for hydroxylation is 1. The quantitative estimate of drug-likeness (QED) is 0.0862. The SMILES string of the molecule is C=C(C(=O)O)C(=O)Oc1ccc(OC)cc1[N+](=O)[O-].COc1c(C)cc(C=O)c([N+](=O)[O-])c1C. The van der Waals surface area contributed by atoms with Gasteiger partial charge in [-0.1, -0.05) is 6.58 Å². The summed E-state index contributed by atoms with van der Waals surface area (Å²) in [6.45, 7) is 6.29. The highest BCUT2D eigenvalue weighted by atomic mass is 16.6. The summed E-state index contributed by atoms with van der Waals surface area (Å²) in [6.07, 6.45) is 0.484. The molecule has 0 aromatic heterocycles. The first-order valence-electron chi connectivity index (χ1n) is 9.14. The first-order chi connectivity index (χ1) is 15.9. The molecule has 2 aromatic carbocycles. The molecule has 0 aliphatic carbocycles. The van der Waals surface area contributed by atoms with Gasteiger partial charge in [-0.25, -0.2) is 9.59 Å². The molecule has 0 spiro atoms. The lowest BCUT2D eigenvalue weighted by atomic mass is 10.0. The molecule has 0 fully saturated rings. The van der Waals surface area contributed by atoms with E-state index in [-0.39, 0.29) is 17.0 Å². The van der Waals surface area contributed by atoms with E-state index in [0.717, 1.165) is 12.1 Å². The van der Waals surface area contributed by atoms with Gasteiger partial charge in [0, 0.05) is 0 Å². The van der Waals surface area contributed by atoms with Gasteiger partial charge in [-0.3, -0.25) is 25.0 Å². The summed E-state index contributed by atoms with van der Waals surface area (Å²) in [5, 5.41) is 30.1. The summed E-state index contributed by atoms with van der Waals surface area (Å²) in [5.74, 6) is -2.59. The Morgan fingerprint density at radius 1 is 1.06 bits per heavy atom. The maximum atomic E-state index is 11.3. The van der Waals surface area contributed by atoms with Crippen LogP contribution in [0.5, 0.6) is 17.2 Å². The largest absolute Gasteiger partial charge is 0.496 e. The number of esters is 1. The van der Waals surface area contributed by atoms with Gasteiger partial charge in [-0.2, -0.15) is 0 Å². The number of carboxylic acid groups (broad SMARTS) is 1. The maximum absolute atomic E-state index is 11.3. The van der Waals surface area contributed by atoms with Crippen molar-refractivity contribution in [1.29, 1.82) is 0 Å². The van der Waals surface area contributed by atoms with Crippen LogP contribution in [-0.2, 0) is 9.59 Å². The summed E-state index contributed by atoms with van der Waals surface area (Å²) < 4.78 is 14.5. The van der Waals surface area contributed by atoms with Crippen LogP contribution in [0, 0.1) is 34.1 Å². The fourth-order valence-corrected chi connectivity index (χ4v) is 2.74. The van der Waals surface area contributed by atoms with Gasteiger partial charge in [-0.15, -0.1) is 0 Å². The predicted octanol–water partition coefficient (Wildman–Crippen LogP) is 3.18. The number of nitrogens with zero attached hydrogens (tertiary/aromatic N) is 2. The van der Waals surface area contributed by atoms with Crippen LogP contribution in [0.15, 0.2) is 36.4 Å². The molecular formula is C21H20N2O11. The lowest BCUT2D eigenvalue weighted by Crippen LogP contribution is -2.17. The number of nitro groups is 2. The van der Waals surface area contributed by atoms with Gasteiger partial charge in [0.1, 0.15) is 17.1 Å². The number of aliphatic carboxylic acids is 1. The van der Waals surface area contributed by atoms with E-state index in [1.165, 1.54) is 26.4 Å². The van der Waals surface area contributed by atoms with E-state index >= 15 is 0 Å². The molecule has 34 heavy (non-hydrogen) atoms. The number of ether oxygens (including phenoxy) is 3. The third-order valence-corrected chi connectivity index (χ3v) is 4.28. The Hall–Kier alpha value is -4.81. The fourth-order valence-electron chi connectivity index (χ4n) is 2.74. The highest BCUT2D eigenvalue weighted by molar-refractivity contribution is 6.13. The Balaban J connectivity index is 0.000000350. The number of hydrogen-bond donors (Lipinski definition) is 1. The number of hydrogen-bond acceptors (Lipinski definition) is 10. The number of benzene rings is 2. The molecule has 0 bridgehead atoms. The van der Waals surface area contributed by atoms with Crippen LogP contribution in [0.1, 0.15) is 21.5 Å². The van der Waals surface area contributed by atoms with Crippen LogP contribution in [0.25, 0.3) is 0 Å². The second-order valence-corrected chi connectivity index (χ2v) is 6.43. The standard InChI is InChI=1S/C11H9NO7.C10H11NO4/c1-6(10(13)14)11(15)19-9-4-3-7(18-2)5-8(9)12(16)17;1-6-4-8(5-12)9(11(13)14)7(2)10(6)15-3/h3-5H,1H2,2H3,(H,13,14);4-5H,1-3H3. The van der Waals surface area contributed by atoms with Crippen molar-refractivity contribution >= 4 is 29.6 Å². The first kappa shape index (κ1) is 27.2. The lowest BCUT2D eigenvalue weighted by molar-refractivity contribution is -0.385. The molecule has 13 nitrogen and oxygen atoms in total. The molecule has 0 saturated carbocycles. The summed E-state index contributed by atoms with van der Waals surface area (Å²) in [4.78, 5) is 52.7. The van der Waals surface area contributed by atoms with Crippen LogP contribution in [0.3, 0.4) is 0 Å². The van der Waals surface area contributed by atoms with E-state index in [4.69, 9.17) is 14.6 Å². The smallest absolute Gasteiger partial charge is 0.350 e. The Bertz CT molecular complexity index is 1170. The molecule has 180 valence electrons. The number of aldehydes is 1. The van der Waals surface area contributed by atoms with Crippen molar-refractivity contribution in [3.63, 3.8) is 0 Å². The molecule has 2 rings (SSSR count). The maximum Gasteiger partial charge on any atom is 0.350 e. The first-order valence-corrected chi connectivity index (χ1v) is 9.14.